The molecule has 0 spiro atoms. The zero-order valence-corrected chi connectivity index (χ0v) is 12.9. The fourth-order valence-electron chi connectivity index (χ4n) is 2.85. The molecule has 1 aliphatic heterocycles. The molecular weight excluding hydrogens is 260 g/mol. The van der Waals surface area contributed by atoms with Gasteiger partial charge in [0.25, 0.3) is 0 Å². The van der Waals surface area contributed by atoms with Crippen molar-refractivity contribution in [3.8, 4) is 0 Å². The van der Waals surface area contributed by atoms with Gasteiger partial charge >= 0.3 is 0 Å². The molecule has 0 aromatic heterocycles. The third-order valence-electron chi connectivity index (χ3n) is 4.67. The van der Waals surface area contributed by atoms with Gasteiger partial charge in [0.1, 0.15) is 5.54 Å². The first-order chi connectivity index (χ1) is 8.95. The first-order valence-corrected chi connectivity index (χ1v) is 8.33. The number of rotatable bonds is 4. The Morgan fingerprint density at radius 2 is 2.05 bits per heavy atom. The van der Waals surface area contributed by atoms with E-state index in [4.69, 9.17) is 0 Å². The Morgan fingerprint density at radius 1 is 1.37 bits per heavy atom. The number of amides is 2. The molecule has 1 saturated heterocycles. The van der Waals surface area contributed by atoms with E-state index in [1.165, 1.54) is 19.3 Å². The van der Waals surface area contributed by atoms with Crippen LogP contribution in [0.2, 0.25) is 0 Å². The Bertz CT molecular complexity index is 376. The molecule has 2 fully saturated rings. The first kappa shape index (κ1) is 14.7. The molecule has 2 aliphatic rings. The predicted molar refractivity (Wildman–Crippen MR) is 78.1 cm³/mol. The molecule has 19 heavy (non-hydrogen) atoms. The molecular formula is C14H24N2O2S. The topological polar surface area (TPSA) is 49.4 Å². The summed E-state index contributed by atoms with van der Waals surface area (Å²) in [5.41, 5.74) is -0.725. The van der Waals surface area contributed by atoms with Gasteiger partial charge in [0.2, 0.25) is 11.8 Å². The van der Waals surface area contributed by atoms with Gasteiger partial charge in [-0.25, -0.2) is 0 Å². The van der Waals surface area contributed by atoms with E-state index in [0.717, 1.165) is 6.54 Å². The van der Waals surface area contributed by atoms with E-state index >= 15 is 0 Å². The highest BCUT2D eigenvalue weighted by atomic mass is 32.2. The summed E-state index contributed by atoms with van der Waals surface area (Å²) in [6.07, 6.45) is 6.81. The largest absolute Gasteiger partial charge is 0.342 e. The molecule has 0 aromatic rings. The van der Waals surface area contributed by atoms with Crippen molar-refractivity contribution in [1.82, 2.24) is 10.2 Å². The summed E-state index contributed by atoms with van der Waals surface area (Å²) in [7, 11) is 0. The Kier molecular flexibility index (Phi) is 4.14. The van der Waals surface area contributed by atoms with E-state index in [-0.39, 0.29) is 16.6 Å². The molecule has 108 valence electrons. The van der Waals surface area contributed by atoms with Gasteiger partial charge in [-0.2, -0.15) is 11.8 Å². The zero-order chi connectivity index (χ0) is 14.1. The molecule has 0 bridgehead atoms. The average Bonchev–Trinajstić information content (AvgIpc) is 2.45. The number of carbonyl (C=O) groups is 2. The van der Waals surface area contributed by atoms with E-state index in [1.54, 1.807) is 0 Å². The van der Waals surface area contributed by atoms with Crippen molar-refractivity contribution in [1.29, 1.82) is 0 Å². The summed E-state index contributed by atoms with van der Waals surface area (Å²) in [6.45, 7) is 5.15. The summed E-state index contributed by atoms with van der Waals surface area (Å²) < 4.78 is 0.234. The molecule has 1 N–H and O–H groups in total. The number of hydrogen-bond donors (Lipinski definition) is 1. The molecule has 0 aromatic carbocycles. The number of nitrogens with one attached hydrogen (secondary N) is 1. The minimum atomic E-state index is -0.725. The van der Waals surface area contributed by atoms with Crippen LogP contribution in [0.25, 0.3) is 0 Å². The molecule has 0 radical (unpaired) electrons. The fourth-order valence-corrected chi connectivity index (χ4v) is 3.83. The maximum Gasteiger partial charge on any atom is 0.248 e. The third kappa shape index (κ3) is 2.76. The van der Waals surface area contributed by atoms with Crippen LogP contribution in [0.5, 0.6) is 0 Å². The third-order valence-corrected chi connectivity index (χ3v) is 6.07. The van der Waals surface area contributed by atoms with Crippen molar-refractivity contribution in [3.63, 3.8) is 0 Å². The van der Waals surface area contributed by atoms with Crippen LogP contribution < -0.4 is 5.32 Å². The highest BCUT2D eigenvalue weighted by Crippen LogP contribution is 2.43. The summed E-state index contributed by atoms with van der Waals surface area (Å²) >= 11 is 1.87. The standard InChI is InChI=1S/C14H24N2O2S/c1-4-13(2)12(18)16(9-6-11(17)15-13)10-14(19-3)7-5-8-14/h4-10H2,1-3H3,(H,15,17). The van der Waals surface area contributed by atoms with Crippen LogP contribution in [0.1, 0.15) is 46.0 Å². The molecule has 1 atom stereocenters. The Labute approximate surface area is 119 Å². The lowest BCUT2D eigenvalue weighted by atomic mass is 9.83. The van der Waals surface area contributed by atoms with Gasteiger partial charge in [-0.1, -0.05) is 13.3 Å². The number of hydrogen-bond acceptors (Lipinski definition) is 3. The lowest BCUT2D eigenvalue weighted by molar-refractivity contribution is -0.138. The smallest absolute Gasteiger partial charge is 0.248 e. The molecule has 1 unspecified atom stereocenters. The Balaban J connectivity index is 2.15. The summed E-state index contributed by atoms with van der Waals surface area (Å²) in [5, 5.41) is 2.89. The van der Waals surface area contributed by atoms with E-state index in [2.05, 4.69) is 11.6 Å². The number of thioether (sulfide) groups is 1. The molecule has 2 amide bonds. The summed E-state index contributed by atoms with van der Waals surface area (Å²) in [4.78, 5) is 26.4. The van der Waals surface area contributed by atoms with Gasteiger partial charge in [-0.15, -0.1) is 0 Å². The van der Waals surface area contributed by atoms with E-state index in [1.807, 2.05) is 30.5 Å². The highest BCUT2D eigenvalue weighted by molar-refractivity contribution is 8.00. The maximum absolute atomic E-state index is 12.7. The van der Waals surface area contributed by atoms with Crippen molar-refractivity contribution in [2.45, 2.75) is 56.2 Å². The van der Waals surface area contributed by atoms with Crippen molar-refractivity contribution in [3.05, 3.63) is 0 Å². The van der Waals surface area contributed by atoms with E-state index < -0.39 is 5.54 Å². The molecule has 5 heteroatoms. The van der Waals surface area contributed by atoms with E-state index in [0.29, 0.717) is 19.4 Å². The van der Waals surface area contributed by atoms with Gasteiger partial charge in [0.05, 0.1) is 0 Å². The van der Waals surface area contributed by atoms with Crippen LogP contribution >= 0.6 is 11.8 Å². The summed E-state index contributed by atoms with van der Waals surface area (Å²) in [6, 6.07) is 0. The first-order valence-electron chi connectivity index (χ1n) is 7.10. The second-order valence-electron chi connectivity index (χ2n) is 5.95. The number of carbonyl (C=O) groups excluding carboxylic acids is 2. The van der Waals surface area contributed by atoms with Gasteiger partial charge in [0, 0.05) is 24.3 Å². The minimum absolute atomic E-state index is 0.00740. The van der Waals surface area contributed by atoms with Crippen LogP contribution in [0.15, 0.2) is 0 Å². The Hall–Kier alpha value is -0.710. The van der Waals surface area contributed by atoms with Gasteiger partial charge < -0.3 is 10.2 Å². The fraction of sp³-hybridized carbons (Fsp3) is 0.857. The molecule has 1 heterocycles. The second kappa shape index (κ2) is 5.35. The van der Waals surface area contributed by atoms with E-state index in [9.17, 15) is 9.59 Å². The zero-order valence-electron chi connectivity index (χ0n) is 12.1. The van der Waals surface area contributed by atoms with Crippen molar-refractivity contribution in [2.24, 2.45) is 0 Å². The minimum Gasteiger partial charge on any atom is -0.342 e. The van der Waals surface area contributed by atoms with Crippen molar-refractivity contribution >= 4 is 23.6 Å². The molecule has 1 aliphatic carbocycles. The molecule has 1 saturated carbocycles. The van der Waals surface area contributed by atoms with Gasteiger partial charge in [-0.3, -0.25) is 9.59 Å². The molecule has 4 nitrogen and oxygen atoms in total. The van der Waals surface area contributed by atoms with Crippen LogP contribution in [0.3, 0.4) is 0 Å². The molecule has 2 rings (SSSR count). The quantitative estimate of drug-likeness (QED) is 0.856. The number of nitrogens with zero attached hydrogens (tertiary/aromatic N) is 1. The van der Waals surface area contributed by atoms with Crippen LogP contribution in [0, 0.1) is 0 Å². The SMILES string of the molecule is CCC1(C)NC(=O)CCN(CC2(SC)CCC2)C1=O. The normalized spacial score (nSPS) is 30.6. The van der Waals surface area contributed by atoms with Gasteiger partial charge in [0.15, 0.2) is 0 Å². The monoisotopic (exact) mass is 284 g/mol. The van der Waals surface area contributed by atoms with Crippen LogP contribution in [-0.4, -0.2) is 46.3 Å². The van der Waals surface area contributed by atoms with Crippen molar-refractivity contribution < 1.29 is 9.59 Å². The van der Waals surface area contributed by atoms with Gasteiger partial charge in [-0.05, 0) is 32.4 Å². The average molecular weight is 284 g/mol. The predicted octanol–water partition coefficient (Wildman–Crippen LogP) is 1.79. The lowest BCUT2D eigenvalue weighted by Gasteiger charge is -2.44. The van der Waals surface area contributed by atoms with Crippen LogP contribution in [-0.2, 0) is 9.59 Å². The van der Waals surface area contributed by atoms with Crippen molar-refractivity contribution in [2.75, 3.05) is 19.3 Å². The van der Waals surface area contributed by atoms with Crippen LogP contribution in [0.4, 0.5) is 0 Å². The summed E-state index contributed by atoms with van der Waals surface area (Å²) in [5.74, 6) is 0.0770. The highest BCUT2D eigenvalue weighted by Gasteiger charge is 2.44. The maximum atomic E-state index is 12.7. The second-order valence-corrected chi connectivity index (χ2v) is 7.23. The lowest BCUT2D eigenvalue weighted by Crippen LogP contribution is -2.57. The Morgan fingerprint density at radius 3 is 2.53 bits per heavy atom.